The van der Waals surface area contributed by atoms with Gasteiger partial charge in [-0.05, 0) is 37.0 Å². The first-order chi connectivity index (χ1) is 10.6. The maximum absolute atomic E-state index is 11.9. The van der Waals surface area contributed by atoms with Gasteiger partial charge in [-0.1, -0.05) is 12.1 Å². The molecule has 0 aromatic carbocycles. The molecule has 1 unspecified atom stereocenters. The highest BCUT2D eigenvalue weighted by atomic mass is 16.5. The number of carboxylic acid groups (broad SMARTS) is 1. The maximum atomic E-state index is 11.9. The fourth-order valence-corrected chi connectivity index (χ4v) is 2.78. The van der Waals surface area contributed by atoms with E-state index in [1.54, 1.807) is 18.5 Å². The second kappa shape index (κ2) is 5.75. The molecule has 5 heteroatoms. The molecule has 114 valence electrons. The lowest BCUT2D eigenvalue weighted by Gasteiger charge is -2.28. The molecule has 0 fully saturated rings. The lowest BCUT2D eigenvalue weighted by molar-refractivity contribution is -0.156. The minimum absolute atomic E-state index is 0.354. The van der Waals surface area contributed by atoms with Crippen LogP contribution in [0.2, 0.25) is 0 Å². The van der Waals surface area contributed by atoms with E-state index in [9.17, 15) is 9.90 Å². The van der Waals surface area contributed by atoms with E-state index in [1.807, 2.05) is 25.1 Å². The smallest absolute Gasteiger partial charge is 0.348 e. The molecule has 0 aliphatic heterocycles. The Hall–Kier alpha value is -2.43. The Morgan fingerprint density at radius 2 is 2.05 bits per heavy atom. The molecule has 2 heterocycles. The highest BCUT2D eigenvalue weighted by molar-refractivity contribution is 5.78. The van der Waals surface area contributed by atoms with Gasteiger partial charge in [-0.15, -0.1) is 0 Å². The topological polar surface area (TPSA) is 72.3 Å². The summed E-state index contributed by atoms with van der Waals surface area (Å²) in [4.78, 5) is 20.4. The third-order valence-electron chi connectivity index (χ3n) is 4.12. The molecular formula is C17H18N2O3. The minimum Gasteiger partial charge on any atom is -0.478 e. The number of nitrogens with zero attached hydrogens (tertiary/aromatic N) is 2. The largest absolute Gasteiger partial charge is 0.478 e. The highest BCUT2D eigenvalue weighted by Gasteiger charge is 2.42. The van der Waals surface area contributed by atoms with Crippen LogP contribution in [0.15, 0.2) is 36.7 Å². The fraction of sp³-hybridized carbons (Fsp3) is 0.353. The summed E-state index contributed by atoms with van der Waals surface area (Å²) in [6.45, 7) is 1.93. The Bertz CT molecular complexity index is 656. The zero-order chi connectivity index (χ0) is 15.6. The van der Waals surface area contributed by atoms with E-state index in [-0.39, 0.29) is 0 Å². The SMILES string of the molecule is Cc1ccc(OC2(C(=O)O)CCc3cccnc3CC2)nc1. The van der Waals surface area contributed by atoms with Gasteiger partial charge in [-0.3, -0.25) is 4.98 Å². The quantitative estimate of drug-likeness (QED) is 0.882. The van der Waals surface area contributed by atoms with Crippen molar-refractivity contribution in [3.8, 4) is 5.88 Å². The molecule has 1 aliphatic rings. The van der Waals surface area contributed by atoms with Crippen LogP contribution in [0.4, 0.5) is 0 Å². The number of rotatable bonds is 3. The number of carboxylic acids is 1. The molecule has 2 aromatic rings. The number of aromatic nitrogens is 2. The zero-order valence-corrected chi connectivity index (χ0v) is 12.5. The number of aliphatic carboxylic acids is 1. The molecule has 3 rings (SSSR count). The lowest BCUT2D eigenvalue weighted by Crippen LogP contribution is -2.45. The first kappa shape index (κ1) is 14.5. The van der Waals surface area contributed by atoms with Crippen molar-refractivity contribution in [3.63, 3.8) is 0 Å². The molecule has 0 saturated carbocycles. The van der Waals surface area contributed by atoms with Crippen molar-refractivity contribution in [1.29, 1.82) is 0 Å². The summed E-state index contributed by atoms with van der Waals surface area (Å²) in [6, 6.07) is 7.47. The third kappa shape index (κ3) is 2.79. The molecule has 1 N–H and O–H groups in total. The molecule has 1 aliphatic carbocycles. The Kier molecular flexibility index (Phi) is 3.79. The summed E-state index contributed by atoms with van der Waals surface area (Å²) in [7, 11) is 0. The van der Waals surface area contributed by atoms with E-state index >= 15 is 0 Å². The standard InChI is InChI=1S/C17H18N2O3/c1-12-4-5-15(19-11-12)22-17(16(20)21)8-6-13-3-2-10-18-14(13)7-9-17/h2-5,10-11H,6-9H2,1H3,(H,20,21). The normalized spacial score (nSPS) is 20.8. The van der Waals surface area contributed by atoms with Crippen molar-refractivity contribution in [3.05, 3.63) is 53.5 Å². The average Bonchev–Trinajstić information content (AvgIpc) is 2.71. The van der Waals surface area contributed by atoms with Gasteiger partial charge in [0.2, 0.25) is 11.5 Å². The van der Waals surface area contributed by atoms with E-state index in [0.29, 0.717) is 31.6 Å². The number of carbonyl (C=O) groups is 1. The van der Waals surface area contributed by atoms with Gasteiger partial charge in [0.1, 0.15) is 0 Å². The van der Waals surface area contributed by atoms with Gasteiger partial charge in [0.25, 0.3) is 0 Å². The van der Waals surface area contributed by atoms with Gasteiger partial charge in [-0.2, -0.15) is 0 Å². The van der Waals surface area contributed by atoms with Crippen LogP contribution in [0.1, 0.15) is 29.7 Å². The molecule has 2 aromatic heterocycles. The van der Waals surface area contributed by atoms with Gasteiger partial charge >= 0.3 is 5.97 Å². The predicted molar refractivity (Wildman–Crippen MR) is 80.8 cm³/mol. The minimum atomic E-state index is -1.25. The number of pyridine rings is 2. The molecule has 22 heavy (non-hydrogen) atoms. The van der Waals surface area contributed by atoms with Crippen molar-refractivity contribution in [1.82, 2.24) is 9.97 Å². The molecule has 0 bridgehead atoms. The Labute approximate surface area is 129 Å². The van der Waals surface area contributed by atoms with Gasteiger partial charge < -0.3 is 9.84 Å². The van der Waals surface area contributed by atoms with Crippen LogP contribution in [0.5, 0.6) is 5.88 Å². The van der Waals surface area contributed by atoms with E-state index in [0.717, 1.165) is 16.8 Å². The molecule has 0 radical (unpaired) electrons. The van der Waals surface area contributed by atoms with Crippen molar-refractivity contribution in [2.45, 2.75) is 38.2 Å². The number of hydrogen-bond acceptors (Lipinski definition) is 4. The number of ether oxygens (including phenoxy) is 1. The van der Waals surface area contributed by atoms with Crippen LogP contribution in [0.25, 0.3) is 0 Å². The average molecular weight is 298 g/mol. The first-order valence-corrected chi connectivity index (χ1v) is 7.37. The third-order valence-corrected chi connectivity index (χ3v) is 4.12. The number of fused-ring (bicyclic) bond motifs is 1. The molecule has 0 saturated heterocycles. The van der Waals surface area contributed by atoms with E-state index < -0.39 is 11.6 Å². The lowest BCUT2D eigenvalue weighted by atomic mass is 9.93. The summed E-state index contributed by atoms with van der Waals surface area (Å²) in [5.74, 6) is -0.588. The Morgan fingerprint density at radius 1 is 1.23 bits per heavy atom. The van der Waals surface area contributed by atoms with Crippen LogP contribution < -0.4 is 4.74 Å². The Balaban J connectivity index is 1.87. The zero-order valence-electron chi connectivity index (χ0n) is 12.5. The van der Waals surface area contributed by atoms with E-state index in [2.05, 4.69) is 9.97 Å². The Morgan fingerprint density at radius 3 is 2.77 bits per heavy atom. The number of hydrogen-bond donors (Lipinski definition) is 1. The summed E-state index contributed by atoms with van der Waals surface area (Å²) in [5, 5.41) is 9.74. The molecular weight excluding hydrogens is 280 g/mol. The maximum Gasteiger partial charge on any atom is 0.348 e. The summed E-state index contributed by atoms with van der Waals surface area (Å²) in [6.07, 6.45) is 5.46. The van der Waals surface area contributed by atoms with Crippen molar-refractivity contribution in [2.24, 2.45) is 0 Å². The second-order valence-electron chi connectivity index (χ2n) is 5.68. The molecule has 1 atom stereocenters. The fourth-order valence-electron chi connectivity index (χ4n) is 2.78. The molecule has 0 amide bonds. The van der Waals surface area contributed by atoms with Gasteiger partial charge in [-0.25, -0.2) is 9.78 Å². The van der Waals surface area contributed by atoms with Gasteiger partial charge in [0.05, 0.1) is 0 Å². The van der Waals surface area contributed by atoms with Crippen LogP contribution in [0, 0.1) is 6.92 Å². The monoisotopic (exact) mass is 298 g/mol. The van der Waals surface area contributed by atoms with Crippen molar-refractivity contribution < 1.29 is 14.6 Å². The predicted octanol–water partition coefficient (Wildman–Crippen LogP) is 2.57. The van der Waals surface area contributed by atoms with Crippen LogP contribution in [-0.4, -0.2) is 26.6 Å². The summed E-state index contributed by atoms with van der Waals surface area (Å²) in [5.41, 5.74) is 1.83. The van der Waals surface area contributed by atoms with Crippen molar-refractivity contribution in [2.75, 3.05) is 0 Å². The van der Waals surface area contributed by atoms with Gasteiger partial charge in [0, 0.05) is 37.0 Å². The van der Waals surface area contributed by atoms with Crippen LogP contribution >= 0.6 is 0 Å². The van der Waals surface area contributed by atoms with E-state index in [1.165, 1.54) is 0 Å². The molecule has 5 nitrogen and oxygen atoms in total. The van der Waals surface area contributed by atoms with Gasteiger partial charge in [0.15, 0.2) is 0 Å². The van der Waals surface area contributed by atoms with Crippen LogP contribution in [0.3, 0.4) is 0 Å². The summed E-state index contributed by atoms with van der Waals surface area (Å²) >= 11 is 0. The number of aryl methyl sites for hydroxylation is 3. The highest BCUT2D eigenvalue weighted by Crippen LogP contribution is 2.31. The van der Waals surface area contributed by atoms with Crippen molar-refractivity contribution >= 4 is 5.97 Å². The second-order valence-corrected chi connectivity index (χ2v) is 5.68. The van der Waals surface area contributed by atoms with E-state index in [4.69, 9.17) is 4.74 Å². The molecule has 0 spiro atoms. The van der Waals surface area contributed by atoms with Crippen LogP contribution in [-0.2, 0) is 17.6 Å². The summed E-state index contributed by atoms with van der Waals surface area (Å²) < 4.78 is 5.83. The first-order valence-electron chi connectivity index (χ1n) is 7.37.